The first kappa shape index (κ1) is 18.6. The van der Waals surface area contributed by atoms with Gasteiger partial charge in [-0.1, -0.05) is 11.6 Å². The number of aromatic nitrogens is 3. The van der Waals surface area contributed by atoms with Gasteiger partial charge in [-0.15, -0.1) is 0 Å². The maximum Gasteiger partial charge on any atom is 0.276 e. The normalized spacial score (nSPS) is 13.4. The number of rotatable bonds is 5. The SMILES string of the molecule is COc1ccc(NC(=O)CCn2ccn3nc4c(c3c2=O)CCCC4)cc1Cl. The van der Waals surface area contributed by atoms with Crippen LogP contribution in [-0.4, -0.2) is 27.2 Å². The van der Waals surface area contributed by atoms with Crippen LogP contribution in [0.3, 0.4) is 0 Å². The number of nitrogens with one attached hydrogen (secondary N) is 1. The number of methoxy groups -OCH3 is 1. The number of nitrogens with zero attached hydrogens (tertiary/aromatic N) is 3. The van der Waals surface area contributed by atoms with E-state index in [1.54, 1.807) is 39.7 Å². The molecule has 28 heavy (non-hydrogen) atoms. The number of benzene rings is 1. The molecule has 8 heteroatoms. The van der Waals surface area contributed by atoms with E-state index in [1.165, 1.54) is 7.11 Å². The van der Waals surface area contributed by atoms with Gasteiger partial charge in [-0.2, -0.15) is 5.10 Å². The summed E-state index contributed by atoms with van der Waals surface area (Å²) in [6.07, 6.45) is 7.65. The molecular weight excluding hydrogens is 380 g/mol. The van der Waals surface area contributed by atoms with Gasteiger partial charge in [0.15, 0.2) is 0 Å². The highest BCUT2D eigenvalue weighted by Gasteiger charge is 2.19. The number of carbonyl (C=O) groups is 1. The maximum absolute atomic E-state index is 12.9. The fraction of sp³-hybridized carbons (Fsp3) is 0.350. The van der Waals surface area contributed by atoms with Crippen LogP contribution in [0.15, 0.2) is 35.4 Å². The molecule has 2 heterocycles. The zero-order valence-electron chi connectivity index (χ0n) is 15.6. The van der Waals surface area contributed by atoms with E-state index >= 15 is 0 Å². The van der Waals surface area contributed by atoms with Crippen molar-refractivity contribution in [2.24, 2.45) is 0 Å². The summed E-state index contributed by atoms with van der Waals surface area (Å²) in [4.78, 5) is 25.2. The van der Waals surface area contributed by atoms with Crippen LogP contribution in [0.4, 0.5) is 5.69 Å². The van der Waals surface area contributed by atoms with Crippen molar-refractivity contribution in [2.45, 2.75) is 38.6 Å². The van der Waals surface area contributed by atoms with Crippen molar-refractivity contribution in [3.8, 4) is 5.75 Å². The highest BCUT2D eigenvalue weighted by molar-refractivity contribution is 6.32. The second-order valence-electron chi connectivity index (χ2n) is 6.87. The van der Waals surface area contributed by atoms with Gasteiger partial charge in [0.05, 0.1) is 17.8 Å². The Bertz CT molecular complexity index is 1100. The van der Waals surface area contributed by atoms with Gasteiger partial charge in [0.25, 0.3) is 5.56 Å². The van der Waals surface area contributed by atoms with Gasteiger partial charge >= 0.3 is 0 Å². The fourth-order valence-electron chi connectivity index (χ4n) is 3.62. The van der Waals surface area contributed by atoms with Gasteiger partial charge in [-0.25, -0.2) is 4.52 Å². The number of ether oxygens (including phenoxy) is 1. The lowest BCUT2D eigenvalue weighted by molar-refractivity contribution is -0.116. The smallest absolute Gasteiger partial charge is 0.276 e. The van der Waals surface area contributed by atoms with Crippen molar-refractivity contribution in [2.75, 3.05) is 12.4 Å². The summed E-state index contributed by atoms with van der Waals surface area (Å²) in [5.74, 6) is 0.354. The summed E-state index contributed by atoms with van der Waals surface area (Å²) in [5.41, 5.74) is 3.21. The molecule has 1 aromatic carbocycles. The number of aryl methyl sites for hydroxylation is 3. The van der Waals surface area contributed by atoms with E-state index in [4.69, 9.17) is 16.3 Å². The van der Waals surface area contributed by atoms with Crippen molar-refractivity contribution in [1.29, 1.82) is 0 Å². The van der Waals surface area contributed by atoms with Crippen molar-refractivity contribution in [1.82, 2.24) is 14.2 Å². The molecule has 0 aliphatic heterocycles. The van der Waals surface area contributed by atoms with E-state index < -0.39 is 0 Å². The fourth-order valence-corrected chi connectivity index (χ4v) is 3.88. The van der Waals surface area contributed by atoms with Crippen molar-refractivity contribution < 1.29 is 9.53 Å². The van der Waals surface area contributed by atoms with Crippen molar-refractivity contribution in [3.05, 3.63) is 57.2 Å². The third-order valence-corrected chi connectivity index (χ3v) is 5.34. The summed E-state index contributed by atoms with van der Waals surface area (Å²) in [5, 5.41) is 7.75. The Kier molecular flexibility index (Phi) is 5.09. The average molecular weight is 401 g/mol. The van der Waals surface area contributed by atoms with E-state index in [1.807, 2.05) is 0 Å². The largest absolute Gasteiger partial charge is 0.495 e. The second kappa shape index (κ2) is 7.67. The van der Waals surface area contributed by atoms with E-state index in [9.17, 15) is 9.59 Å². The Balaban J connectivity index is 1.48. The van der Waals surface area contributed by atoms with Crippen LogP contribution < -0.4 is 15.6 Å². The van der Waals surface area contributed by atoms with Gasteiger partial charge in [-0.3, -0.25) is 9.59 Å². The molecule has 0 saturated heterocycles. The van der Waals surface area contributed by atoms with Gasteiger partial charge in [0.1, 0.15) is 11.3 Å². The number of carbonyl (C=O) groups excluding carboxylic acids is 1. The molecule has 1 amide bonds. The van der Waals surface area contributed by atoms with E-state index in [2.05, 4.69) is 10.4 Å². The molecule has 2 aromatic heterocycles. The summed E-state index contributed by atoms with van der Waals surface area (Å²) >= 11 is 6.08. The number of fused-ring (bicyclic) bond motifs is 3. The quantitative estimate of drug-likeness (QED) is 0.714. The van der Waals surface area contributed by atoms with Gasteiger partial charge < -0.3 is 14.6 Å². The maximum atomic E-state index is 12.9. The third-order valence-electron chi connectivity index (χ3n) is 5.05. The van der Waals surface area contributed by atoms with Crippen LogP contribution in [0.1, 0.15) is 30.5 Å². The molecule has 1 N–H and O–H groups in total. The molecule has 7 nitrogen and oxygen atoms in total. The van der Waals surface area contributed by atoms with Crippen molar-refractivity contribution >= 4 is 28.7 Å². The highest BCUT2D eigenvalue weighted by atomic mass is 35.5. The lowest BCUT2D eigenvalue weighted by Gasteiger charge is -2.10. The molecule has 0 radical (unpaired) electrons. The minimum Gasteiger partial charge on any atom is -0.495 e. The molecule has 1 aliphatic rings. The Hall–Kier alpha value is -2.80. The van der Waals surface area contributed by atoms with Crippen LogP contribution in [0.2, 0.25) is 5.02 Å². The standard InChI is InChI=1S/C20H21ClN4O3/c1-28-17-7-6-13(12-15(17)21)22-18(26)8-9-24-10-11-25-19(20(24)27)14-4-2-3-5-16(14)23-25/h6-7,10-12H,2-5,8-9H2,1H3,(H,22,26). The summed E-state index contributed by atoms with van der Waals surface area (Å²) in [6, 6.07) is 5.05. The zero-order valence-corrected chi connectivity index (χ0v) is 16.3. The first-order valence-electron chi connectivity index (χ1n) is 9.30. The summed E-state index contributed by atoms with van der Waals surface area (Å²) < 4.78 is 8.35. The Labute approximate surface area is 166 Å². The molecule has 0 unspecified atom stereocenters. The molecule has 0 atom stereocenters. The van der Waals surface area contributed by atoms with Gasteiger partial charge in [0, 0.05) is 36.6 Å². The molecule has 0 saturated carbocycles. The number of anilines is 1. The van der Waals surface area contributed by atoms with Crippen LogP contribution in [0, 0.1) is 0 Å². The average Bonchev–Trinajstić information content (AvgIpc) is 3.07. The number of halogens is 1. The van der Waals surface area contributed by atoms with Crippen LogP contribution >= 0.6 is 11.6 Å². The molecule has 1 aliphatic carbocycles. The van der Waals surface area contributed by atoms with Gasteiger partial charge in [-0.05, 0) is 43.9 Å². The minimum absolute atomic E-state index is 0.0987. The first-order chi connectivity index (χ1) is 13.6. The van der Waals surface area contributed by atoms with Crippen molar-refractivity contribution in [3.63, 3.8) is 0 Å². The molecular formula is C20H21ClN4O3. The lowest BCUT2D eigenvalue weighted by atomic mass is 9.97. The third kappa shape index (κ3) is 3.49. The molecule has 0 bridgehead atoms. The van der Waals surface area contributed by atoms with E-state index in [0.717, 1.165) is 36.9 Å². The van der Waals surface area contributed by atoms with E-state index in [-0.39, 0.29) is 17.9 Å². The molecule has 146 valence electrons. The number of hydrogen-bond acceptors (Lipinski definition) is 4. The second-order valence-corrected chi connectivity index (χ2v) is 7.28. The molecule has 0 fully saturated rings. The predicted octanol–water partition coefficient (Wildman–Crippen LogP) is 3.07. The number of amides is 1. The molecule has 4 rings (SSSR count). The first-order valence-corrected chi connectivity index (χ1v) is 9.67. The molecule has 3 aromatic rings. The number of hydrogen-bond donors (Lipinski definition) is 1. The highest BCUT2D eigenvalue weighted by Crippen LogP contribution is 2.27. The topological polar surface area (TPSA) is 77.6 Å². The van der Waals surface area contributed by atoms with Crippen LogP contribution in [0.25, 0.3) is 5.52 Å². The lowest BCUT2D eigenvalue weighted by Crippen LogP contribution is -2.24. The summed E-state index contributed by atoms with van der Waals surface area (Å²) in [7, 11) is 1.53. The Morgan fingerprint density at radius 2 is 2.11 bits per heavy atom. The van der Waals surface area contributed by atoms with E-state index in [0.29, 0.717) is 28.5 Å². The monoisotopic (exact) mass is 400 g/mol. The van der Waals surface area contributed by atoms with Crippen LogP contribution in [0.5, 0.6) is 5.75 Å². The molecule has 0 spiro atoms. The zero-order chi connectivity index (χ0) is 19.7. The minimum atomic E-state index is -0.191. The van der Waals surface area contributed by atoms with Crippen LogP contribution in [-0.2, 0) is 24.2 Å². The summed E-state index contributed by atoms with van der Waals surface area (Å²) in [6.45, 7) is 0.297. The Morgan fingerprint density at radius 3 is 2.89 bits per heavy atom. The predicted molar refractivity (Wildman–Crippen MR) is 107 cm³/mol. The van der Waals surface area contributed by atoms with Gasteiger partial charge in [0.2, 0.25) is 5.91 Å². The Morgan fingerprint density at radius 1 is 1.29 bits per heavy atom.